The van der Waals surface area contributed by atoms with Crippen molar-refractivity contribution in [2.75, 3.05) is 5.75 Å². The van der Waals surface area contributed by atoms with Gasteiger partial charge in [0.05, 0.1) is 10.6 Å². The maximum Gasteiger partial charge on any atom is 0.499 e. The van der Waals surface area contributed by atoms with Crippen molar-refractivity contribution < 1.29 is 21.6 Å². The lowest BCUT2D eigenvalue weighted by molar-refractivity contribution is 0.00380. The third kappa shape index (κ3) is 6.72. The monoisotopic (exact) mass is 386 g/mol. The van der Waals surface area contributed by atoms with Crippen molar-refractivity contribution in [3.05, 3.63) is 35.9 Å². The van der Waals surface area contributed by atoms with Gasteiger partial charge in [0.15, 0.2) is 0 Å². The lowest BCUT2D eigenvalue weighted by atomic mass is 10.1. The second-order valence-corrected chi connectivity index (χ2v) is 10.1. The number of hydrogen-bond acceptors (Lipinski definition) is 4. The summed E-state index contributed by atoms with van der Waals surface area (Å²) in [6.07, 6.45) is 7.71. The molecule has 1 aromatic carbocycles. The Balaban J connectivity index is 2.63. The van der Waals surface area contributed by atoms with Crippen molar-refractivity contribution in [1.29, 1.82) is 0 Å². The standard InChI is InChI=1S/C17H26N2O4S2/c1-2-3-4-5-6-7-8-12-15-24(20,21)17(19-18)25(22,23)16-13-10-9-11-14-16/h9-11,13-14H,2-8,12,15H2,1H3. The van der Waals surface area contributed by atoms with Gasteiger partial charge in [0.1, 0.15) is 0 Å². The van der Waals surface area contributed by atoms with Crippen LogP contribution in [0.1, 0.15) is 58.3 Å². The lowest BCUT2D eigenvalue weighted by Crippen LogP contribution is -2.28. The Bertz CT molecular complexity index is 781. The number of sulfone groups is 2. The molecule has 0 fully saturated rings. The van der Waals surface area contributed by atoms with Crippen LogP contribution in [-0.2, 0) is 19.7 Å². The van der Waals surface area contributed by atoms with E-state index in [-0.39, 0.29) is 10.6 Å². The Morgan fingerprint density at radius 2 is 1.40 bits per heavy atom. The lowest BCUT2D eigenvalue weighted by Gasteiger charge is -2.03. The molecule has 140 valence electrons. The number of hydrogen-bond donors (Lipinski definition) is 0. The Hall–Kier alpha value is -1.50. The Kier molecular flexibility index (Phi) is 9.03. The van der Waals surface area contributed by atoms with E-state index in [0.29, 0.717) is 12.8 Å². The molecule has 0 heterocycles. The molecule has 1 aromatic rings. The summed E-state index contributed by atoms with van der Waals surface area (Å²) in [5, 5.41) is 0. The van der Waals surface area contributed by atoms with E-state index in [1.807, 2.05) is 0 Å². The molecule has 0 spiro atoms. The second-order valence-electron chi connectivity index (χ2n) is 5.98. The molecular formula is C17H26N2O4S2. The highest BCUT2D eigenvalue weighted by atomic mass is 32.3. The first-order chi connectivity index (χ1) is 11.9. The summed E-state index contributed by atoms with van der Waals surface area (Å²) in [6, 6.07) is 7.11. The van der Waals surface area contributed by atoms with E-state index in [0.717, 1.165) is 19.3 Å². The Labute approximate surface area is 150 Å². The first-order valence-corrected chi connectivity index (χ1v) is 11.7. The van der Waals surface area contributed by atoms with E-state index in [4.69, 9.17) is 5.53 Å². The van der Waals surface area contributed by atoms with Crippen LogP contribution in [0.5, 0.6) is 0 Å². The van der Waals surface area contributed by atoms with Gasteiger partial charge in [-0.3, -0.25) is 0 Å². The predicted octanol–water partition coefficient (Wildman–Crippen LogP) is 3.60. The van der Waals surface area contributed by atoms with E-state index in [1.165, 1.54) is 43.5 Å². The zero-order valence-corrected chi connectivity index (χ0v) is 16.2. The molecule has 25 heavy (non-hydrogen) atoms. The summed E-state index contributed by atoms with van der Waals surface area (Å²) < 4.78 is 48.2. The van der Waals surface area contributed by atoms with E-state index in [9.17, 15) is 16.8 Å². The van der Waals surface area contributed by atoms with Gasteiger partial charge in [-0.15, -0.1) is 4.79 Å². The molecule has 0 aromatic heterocycles. The number of benzene rings is 1. The Morgan fingerprint density at radius 1 is 0.880 bits per heavy atom. The summed E-state index contributed by atoms with van der Waals surface area (Å²) >= 11 is 0. The summed E-state index contributed by atoms with van der Waals surface area (Å²) in [6.45, 7) is 2.15. The molecule has 0 saturated carbocycles. The van der Waals surface area contributed by atoms with Crippen LogP contribution in [0.2, 0.25) is 0 Å². The topological polar surface area (TPSA) is 105 Å². The minimum absolute atomic E-state index is 0.206. The zero-order valence-electron chi connectivity index (χ0n) is 14.6. The molecular weight excluding hydrogens is 360 g/mol. The fourth-order valence-corrected chi connectivity index (χ4v) is 6.08. The van der Waals surface area contributed by atoms with Crippen LogP contribution in [0, 0.1) is 0 Å². The number of rotatable bonds is 10. The average Bonchev–Trinajstić information content (AvgIpc) is 2.58. The third-order valence-electron chi connectivity index (χ3n) is 3.90. The molecule has 0 amide bonds. The van der Waals surface area contributed by atoms with Gasteiger partial charge in [0, 0.05) is 0 Å². The van der Waals surface area contributed by atoms with Gasteiger partial charge in [-0.05, 0) is 18.6 Å². The summed E-state index contributed by atoms with van der Waals surface area (Å²) in [5.41, 5.74) is 9.01. The van der Waals surface area contributed by atoms with Gasteiger partial charge in [0.2, 0.25) is 0 Å². The van der Waals surface area contributed by atoms with Crippen LogP contribution in [0.25, 0.3) is 5.53 Å². The average molecular weight is 387 g/mol. The maximum atomic E-state index is 12.4. The molecule has 0 saturated heterocycles. The van der Waals surface area contributed by atoms with Crippen LogP contribution in [0.4, 0.5) is 0 Å². The van der Waals surface area contributed by atoms with Gasteiger partial charge in [-0.25, -0.2) is 16.8 Å². The normalized spacial score (nSPS) is 11.9. The number of nitrogens with zero attached hydrogens (tertiary/aromatic N) is 2. The fourth-order valence-electron chi connectivity index (χ4n) is 2.50. The highest BCUT2D eigenvalue weighted by molar-refractivity contribution is 8.31. The third-order valence-corrected chi connectivity index (χ3v) is 8.19. The quantitative estimate of drug-likeness (QED) is 0.201. The van der Waals surface area contributed by atoms with Crippen LogP contribution in [0.15, 0.2) is 35.2 Å². The molecule has 0 bridgehead atoms. The fraction of sp³-hybridized carbons (Fsp3) is 0.588. The minimum Gasteiger partial charge on any atom is -0.359 e. The van der Waals surface area contributed by atoms with Crippen molar-refractivity contribution in [2.45, 2.75) is 63.2 Å². The summed E-state index contributed by atoms with van der Waals surface area (Å²) in [4.78, 5) is 2.39. The van der Waals surface area contributed by atoms with E-state index in [1.54, 1.807) is 6.07 Å². The molecule has 0 aliphatic heterocycles. The van der Waals surface area contributed by atoms with Crippen molar-refractivity contribution in [3.8, 4) is 0 Å². The summed E-state index contributed by atoms with van der Waals surface area (Å²) in [5.74, 6) is -0.340. The molecule has 0 aliphatic carbocycles. The molecule has 1 rings (SSSR count). The van der Waals surface area contributed by atoms with E-state index in [2.05, 4.69) is 11.7 Å². The van der Waals surface area contributed by atoms with Gasteiger partial charge in [-0.1, -0.05) is 70.1 Å². The first-order valence-electron chi connectivity index (χ1n) is 8.61. The molecule has 6 nitrogen and oxygen atoms in total. The maximum absolute atomic E-state index is 12.4. The molecule has 0 N–H and O–H groups in total. The van der Waals surface area contributed by atoms with Gasteiger partial charge >= 0.3 is 4.38 Å². The summed E-state index contributed by atoms with van der Waals surface area (Å²) in [7, 11) is -8.52. The van der Waals surface area contributed by atoms with Crippen LogP contribution in [0.3, 0.4) is 0 Å². The highest BCUT2D eigenvalue weighted by Gasteiger charge is 2.42. The van der Waals surface area contributed by atoms with Crippen molar-refractivity contribution in [2.24, 2.45) is 0 Å². The number of unbranched alkanes of at least 4 members (excludes halogenated alkanes) is 7. The largest absolute Gasteiger partial charge is 0.499 e. The zero-order chi connectivity index (χ0) is 18.8. The SMILES string of the molecule is CCCCCCCCCCS(=O)(=O)C(=[N+]=[N-])S(=O)(=O)c1ccccc1. The van der Waals surface area contributed by atoms with Crippen LogP contribution >= 0.6 is 0 Å². The first kappa shape index (κ1) is 21.5. The molecule has 0 atom stereocenters. The second kappa shape index (κ2) is 10.5. The van der Waals surface area contributed by atoms with Gasteiger partial charge in [0.25, 0.3) is 19.7 Å². The minimum atomic E-state index is -4.35. The van der Waals surface area contributed by atoms with Crippen molar-refractivity contribution in [3.63, 3.8) is 0 Å². The smallest absolute Gasteiger partial charge is 0.359 e. The van der Waals surface area contributed by atoms with Crippen molar-refractivity contribution >= 4 is 24.1 Å². The Morgan fingerprint density at radius 3 is 1.92 bits per heavy atom. The molecule has 0 radical (unpaired) electrons. The molecule has 8 heteroatoms. The van der Waals surface area contributed by atoms with Crippen LogP contribution in [-0.4, -0.2) is 31.8 Å². The molecule has 0 aliphatic rings. The predicted molar refractivity (Wildman–Crippen MR) is 98.7 cm³/mol. The highest BCUT2D eigenvalue weighted by Crippen LogP contribution is 2.16. The van der Waals surface area contributed by atoms with Gasteiger partial charge in [-0.2, -0.15) is 0 Å². The van der Waals surface area contributed by atoms with Crippen molar-refractivity contribution in [1.82, 2.24) is 0 Å². The molecule has 0 unspecified atom stereocenters. The van der Waals surface area contributed by atoms with Crippen LogP contribution < -0.4 is 0 Å². The van der Waals surface area contributed by atoms with Gasteiger partial charge < -0.3 is 5.53 Å². The van der Waals surface area contributed by atoms with E-state index < -0.39 is 24.1 Å². The van der Waals surface area contributed by atoms with E-state index >= 15 is 0 Å².